The van der Waals surface area contributed by atoms with Gasteiger partial charge < -0.3 is 0 Å². The molecule has 0 atom stereocenters. The second kappa shape index (κ2) is 12.6. The third-order valence-corrected chi connectivity index (χ3v) is 10.4. The SMILES string of the molecule is CCC(CC)c1ccc(C(c2ccc(N3C(=O)c4ccc5c6c(ccc(c46)C3=O)C(=O)N(C(CC)CC)C5=O)cc2)(C(F)(F)F)C(F)(F)F)cc1. The Balaban J connectivity index is 1.44. The van der Waals surface area contributed by atoms with E-state index in [1.165, 1.54) is 41.3 Å². The monoisotopic (exact) mass is 708 g/mol. The van der Waals surface area contributed by atoms with Crippen molar-refractivity contribution in [3.63, 3.8) is 0 Å². The summed E-state index contributed by atoms with van der Waals surface area (Å²) in [6, 6.07) is 12.4. The van der Waals surface area contributed by atoms with E-state index in [1.807, 2.05) is 27.7 Å². The summed E-state index contributed by atoms with van der Waals surface area (Å²) < 4.78 is 89.3. The molecule has 0 aliphatic carbocycles. The number of alkyl halides is 6. The first-order valence-corrected chi connectivity index (χ1v) is 16.8. The molecule has 4 amide bonds. The van der Waals surface area contributed by atoms with Crippen molar-refractivity contribution in [2.45, 2.75) is 83.1 Å². The van der Waals surface area contributed by atoms with Crippen molar-refractivity contribution in [3.8, 4) is 0 Å². The number of anilines is 1. The summed E-state index contributed by atoms with van der Waals surface area (Å²) in [7, 11) is 0. The van der Waals surface area contributed by atoms with Gasteiger partial charge in [-0.05, 0) is 84.7 Å². The molecule has 266 valence electrons. The largest absolute Gasteiger partial charge is 0.411 e. The molecule has 0 aromatic heterocycles. The van der Waals surface area contributed by atoms with Crippen molar-refractivity contribution in [2.75, 3.05) is 4.90 Å². The molecule has 4 aromatic carbocycles. The third-order valence-electron chi connectivity index (χ3n) is 10.4. The van der Waals surface area contributed by atoms with E-state index in [0.717, 1.165) is 24.3 Å². The van der Waals surface area contributed by atoms with Crippen LogP contribution in [0.2, 0.25) is 0 Å². The minimum absolute atomic E-state index is 0.0359. The van der Waals surface area contributed by atoms with E-state index < -0.39 is 52.5 Å². The quantitative estimate of drug-likeness (QED) is 0.128. The van der Waals surface area contributed by atoms with Crippen LogP contribution >= 0.6 is 0 Å². The van der Waals surface area contributed by atoms with E-state index in [2.05, 4.69) is 0 Å². The standard InChI is InChI=1S/C39H34F6N2O4/c1-5-21(6-2)22-9-11-23(12-10-22)37(38(40,41)42,39(43,44)45)24-13-15-26(16-14-24)47-35(50)29-19-17-27-31-28(18-20-30(32(29)31)36(47)51)34(49)46(33(27)48)25(7-3)8-4/h9-21,25H,5-8H2,1-4H3. The van der Waals surface area contributed by atoms with Gasteiger partial charge in [-0.25, -0.2) is 4.90 Å². The molecule has 0 saturated carbocycles. The third kappa shape index (κ3) is 5.16. The number of amides is 4. The Hall–Kier alpha value is -5.00. The lowest BCUT2D eigenvalue weighted by molar-refractivity contribution is -0.288. The van der Waals surface area contributed by atoms with E-state index in [-0.39, 0.29) is 50.7 Å². The van der Waals surface area contributed by atoms with Crippen LogP contribution in [0.4, 0.5) is 32.0 Å². The second-order valence-corrected chi connectivity index (χ2v) is 12.9. The maximum Gasteiger partial charge on any atom is 0.411 e. The van der Waals surface area contributed by atoms with Gasteiger partial charge in [-0.15, -0.1) is 0 Å². The molecule has 0 fully saturated rings. The molecule has 4 aromatic rings. The van der Waals surface area contributed by atoms with Gasteiger partial charge in [0.05, 0.1) is 5.69 Å². The second-order valence-electron chi connectivity index (χ2n) is 12.9. The lowest BCUT2D eigenvalue weighted by Crippen LogP contribution is -2.54. The van der Waals surface area contributed by atoms with Crippen molar-refractivity contribution in [2.24, 2.45) is 0 Å². The van der Waals surface area contributed by atoms with Gasteiger partial charge in [0.25, 0.3) is 23.6 Å². The summed E-state index contributed by atoms with van der Waals surface area (Å²) in [6.45, 7) is 7.46. The van der Waals surface area contributed by atoms with Gasteiger partial charge in [-0.2, -0.15) is 26.3 Å². The Morgan fingerprint density at radius 1 is 0.510 bits per heavy atom. The first-order chi connectivity index (χ1) is 24.1. The normalized spacial score (nSPS) is 15.2. The number of nitrogens with zero attached hydrogens (tertiary/aromatic N) is 2. The van der Waals surface area contributed by atoms with Gasteiger partial charge >= 0.3 is 12.4 Å². The molecule has 2 heterocycles. The maximum atomic E-state index is 14.9. The lowest BCUT2D eigenvalue weighted by atomic mass is 9.72. The van der Waals surface area contributed by atoms with E-state index in [9.17, 15) is 45.5 Å². The highest BCUT2D eigenvalue weighted by atomic mass is 19.4. The summed E-state index contributed by atoms with van der Waals surface area (Å²) in [6.07, 6.45) is -9.30. The Bertz CT molecular complexity index is 1980. The van der Waals surface area contributed by atoms with Gasteiger partial charge in [-0.3, -0.25) is 24.1 Å². The highest BCUT2D eigenvalue weighted by Gasteiger charge is 2.72. The highest BCUT2D eigenvalue weighted by Crippen LogP contribution is 2.56. The fourth-order valence-corrected chi connectivity index (χ4v) is 7.72. The predicted molar refractivity (Wildman–Crippen MR) is 179 cm³/mol. The fourth-order valence-electron chi connectivity index (χ4n) is 7.72. The number of hydrogen-bond donors (Lipinski definition) is 0. The smallest absolute Gasteiger partial charge is 0.271 e. The summed E-state index contributed by atoms with van der Waals surface area (Å²) in [5.41, 5.74) is -6.04. The molecule has 0 spiro atoms. The topological polar surface area (TPSA) is 74.8 Å². The average molecular weight is 709 g/mol. The summed E-state index contributed by atoms with van der Waals surface area (Å²) in [4.78, 5) is 56.7. The number of benzene rings is 4. The maximum absolute atomic E-state index is 14.9. The Labute approximate surface area is 290 Å². The first-order valence-electron chi connectivity index (χ1n) is 16.8. The first kappa shape index (κ1) is 35.8. The molecule has 51 heavy (non-hydrogen) atoms. The number of carbonyl (C=O) groups is 4. The zero-order valence-corrected chi connectivity index (χ0v) is 28.2. The number of imide groups is 2. The molecule has 2 aliphatic rings. The van der Waals surface area contributed by atoms with Crippen molar-refractivity contribution in [1.82, 2.24) is 4.90 Å². The van der Waals surface area contributed by atoms with Crippen LogP contribution < -0.4 is 4.90 Å². The molecule has 0 unspecified atom stereocenters. The minimum Gasteiger partial charge on any atom is -0.271 e. The number of rotatable bonds is 9. The van der Waals surface area contributed by atoms with Crippen LogP contribution in [0.5, 0.6) is 0 Å². The number of hydrogen-bond acceptors (Lipinski definition) is 4. The van der Waals surface area contributed by atoms with Crippen molar-refractivity contribution in [1.29, 1.82) is 0 Å². The van der Waals surface area contributed by atoms with Crippen molar-refractivity contribution < 1.29 is 45.5 Å². The molecule has 0 bridgehead atoms. The minimum atomic E-state index is -5.83. The van der Waals surface area contributed by atoms with E-state index >= 15 is 0 Å². The van der Waals surface area contributed by atoms with Gasteiger partial charge in [0.15, 0.2) is 0 Å². The van der Waals surface area contributed by atoms with Crippen molar-refractivity contribution >= 4 is 40.1 Å². The van der Waals surface area contributed by atoms with Crippen LogP contribution in [0.1, 0.15) is 117 Å². The van der Waals surface area contributed by atoms with Crippen LogP contribution in [0.3, 0.4) is 0 Å². The summed E-state index contributed by atoms with van der Waals surface area (Å²) >= 11 is 0. The van der Waals surface area contributed by atoms with Gasteiger partial charge in [-0.1, -0.05) is 64.1 Å². The molecule has 0 radical (unpaired) electrons. The predicted octanol–water partition coefficient (Wildman–Crippen LogP) is 9.74. The Kier molecular flexibility index (Phi) is 8.88. The fraction of sp³-hybridized carbons (Fsp3) is 0.333. The molecule has 6 nitrogen and oxygen atoms in total. The van der Waals surface area contributed by atoms with Crippen LogP contribution in [0.25, 0.3) is 10.8 Å². The molecule has 6 rings (SSSR count). The molecule has 2 aliphatic heterocycles. The van der Waals surface area contributed by atoms with Crippen LogP contribution in [-0.4, -0.2) is 46.9 Å². The zero-order chi connectivity index (χ0) is 37.2. The van der Waals surface area contributed by atoms with E-state index in [4.69, 9.17) is 0 Å². The molecule has 0 saturated heterocycles. The van der Waals surface area contributed by atoms with Crippen LogP contribution in [0.15, 0.2) is 72.8 Å². The highest BCUT2D eigenvalue weighted by molar-refractivity contribution is 6.39. The van der Waals surface area contributed by atoms with Gasteiger partial charge in [0.2, 0.25) is 5.41 Å². The van der Waals surface area contributed by atoms with Gasteiger partial charge in [0, 0.05) is 39.1 Å². The summed E-state index contributed by atoms with van der Waals surface area (Å²) in [5, 5.41) is 0.234. The van der Waals surface area contributed by atoms with Crippen LogP contribution in [0, 0.1) is 0 Å². The Morgan fingerprint density at radius 3 is 1.24 bits per heavy atom. The van der Waals surface area contributed by atoms with E-state index in [1.54, 1.807) is 0 Å². The summed E-state index contributed by atoms with van der Waals surface area (Å²) in [5.74, 6) is -3.00. The molecule has 12 heteroatoms. The molecule has 0 N–H and O–H groups in total. The number of halogens is 6. The lowest BCUT2D eigenvalue weighted by Gasteiger charge is -2.38. The zero-order valence-electron chi connectivity index (χ0n) is 28.2. The average Bonchev–Trinajstić information content (AvgIpc) is 3.09. The molecular formula is C39H34F6N2O4. The van der Waals surface area contributed by atoms with Crippen molar-refractivity contribution in [3.05, 3.63) is 112 Å². The van der Waals surface area contributed by atoms with Crippen LogP contribution in [-0.2, 0) is 5.41 Å². The van der Waals surface area contributed by atoms with Gasteiger partial charge in [0.1, 0.15) is 0 Å². The molecular weight excluding hydrogens is 674 g/mol. The number of carbonyl (C=O) groups excluding carboxylic acids is 4. The van der Waals surface area contributed by atoms with E-state index in [0.29, 0.717) is 48.3 Å². The Morgan fingerprint density at radius 2 is 0.882 bits per heavy atom.